The Labute approximate surface area is 179 Å². The van der Waals surface area contributed by atoms with Crippen molar-refractivity contribution in [3.63, 3.8) is 0 Å². The van der Waals surface area contributed by atoms with Crippen LogP contribution in [0.2, 0.25) is 0 Å². The minimum Gasteiger partial charge on any atom is -0.345 e. The third kappa shape index (κ3) is 7.82. The summed E-state index contributed by atoms with van der Waals surface area (Å²) in [6.45, 7) is 4.99. The number of hydrogen-bond acceptors (Lipinski definition) is 3. The van der Waals surface area contributed by atoms with Crippen LogP contribution in [0.15, 0.2) is 48.5 Å². The normalized spacial score (nSPS) is 10.5. The second kappa shape index (κ2) is 11.9. The Bertz CT molecular complexity index is 828. The predicted molar refractivity (Wildman–Crippen MR) is 119 cm³/mol. The number of carbonyl (C=O) groups excluding carboxylic acids is 3. The molecule has 0 fully saturated rings. The molecule has 0 bridgehead atoms. The van der Waals surface area contributed by atoms with Crippen LogP contribution >= 0.6 is 0 Å². The van der Waals surface area contributed by atoms with Crippen molar-refractivity contribution in [3.8, 4) is 0 Å². The number of amides is 3. The SMILES string of the molecule is Cc1ccc(CCCN(C)C(=O)CC(=O)N(C=O)CCCc2ccc(C)cc2)cc1. The fourth-order valence-corrected chi connectivity index (χ4v) is 3.21. The van der Waals surface area contributed by atoms with Crippen LogP contribution < -0.4 is 0 Å². The average Bonchev–Trinajstić information content (AvgIpc) is 2.73. The molecule has 3 amide bonds. The zero-order valence-corrected chi connectivity index (χ0v) is 18.3. The van der Waals surface area contributed by atoms with Gasteiger partial charge in [-0.15, -0.1) is 0 Å². The van der Waals surface area contributed by atoms with Gasteiger partial charge in [0.15, 0.2) is 0 Å². The van der Waals surface area contributed by atoms with E-state index in [4.69, 9.17) is 0 Å². The zero-order valence-electron chi connectivity index (χ0n) is 18.3. The summed E-state index contributed by atoms with van der Waals surface area (Å²) >= 11 is 0. The molecule has 0 unspecified atom stereocenters. The van der Waals surface area contributed by atoms with Gasteiger partial charge in [-0.3, -0.25) is 19.3 Å². The van der Waals surface area contributed by atoms with E-state index in [1.54, 1.807) is 11.9 Å². The Balaban J connectivity index is 1.71. The Morgan fingerprint density at radius 3 is 1.70 bits per heavy atom. The van der Waals surface area contributed by atoms with Gasteiger partial charge in [0, 0.05) is 20.1 Å². The molecule has 0 aliphatic heterocycles. The molecule has 0 saturated heterocycles. The van der Waals surface area contributed by atoms with E-state index in [1.165, 1.54) is 22.3 Å². The lowest BCUT2D eigenvalue weighted by molar-refractivity contribution is -0.142. The number of rotatable bonds is 11. The van der Waals surface area contributed by atoms with Crippen LogP contribution in [0.3, 0.4) is 0 Å². The van der Waals surface area contributed by atoms with Gasteiger partial charge in [0.1, 0.15) is 6.42 Å². The van der Waals surface area contributed by atoms with Crippen molar-refractivity contribution in [2.24, 2.45) is 0 Å². The van der Waals surface area contributed by atoms with Crippen LogP contribution in [0, 0.1) is 13.8 Å². The maximum Gasteiger partial charge on any atom is 0.238 e. The number of imide groups is 1. The summed E-state index contributed by atoms with van der Waals surface area (Å²) in [5.74, 6) is -0.696. The van der Waals surface area contributed by atoms with Gasteiger partial charge in [-0.05, 0) is 50.7 Å². The van der Waals surface area contributed by atoms with E-state index in [0.29, 0.717) is 25.9 Å². The van der Waals surface area contributed by atoms with Crippen molar-refractivity contribution in [2.75, 3.05) is 20.1 Å². The first-order chi connectivity index (χ1) is 14.4. The molecule has 5 nitrogen and oxygen atoms in total. The highest BCUT2D eigenvalue weighted by Gasteiger charge is 2.19. The van der Waals surface area contributed by atoms with E-state index in [9.17, 15) is 14.4 Å². The van der Waals surface area contributed by atoms with Gasteiger partial charge < -0.3 is 4.90 Å². The molecule has 2 rings (SSSR count). The molecule has 0 N–H and O–H groups in total. The lowest BCUT2D eigenvalue weighted by Crippen LogP contribution is -2.37. The second-order valence-corrected chi connectivity index (χ2v) is 7.86. The van der Waals surface area contributed by atoms with Crippen LogP contribution in [-0.4, -0.2) is 48.2 Å². The molecule has 0 heterocycles. The van der Waals surface area contributed by atoms with E-state index >= 15 is 0 Å². The van der Waals surface area contributed by atoms with Gasteiger partial charge in [-0.2, -0.15) is 0 Å². The molecular weight excluding hydrogens is 376 g/mol. The smallest absolute Gasteiger partial charge is 0.238 e. The van der Waals surface area contributed by atoms with Crippen LogP contribution in [-0.2, 0) is 27.2 Å². The van der Waals surface area contributed by atoms with Crippen LogP contribution in [0.25, 0.3) is 0 Å². The van der Waals surface area contributed by atoms with Crippen molar-refractivity contribution in [1.29, 1.82) is 0 Å². The number of hydrogen-bond donors (Lipinski definition) is 0. The van der Waals surface area contributed by atoms with Gasteiger partial charge in [0.05, 0.1) is 0 Å². The predicted octanol–water partition coefficient (Wildman–Crippen LogP) is 3.70. The maximum absolute atomic E-state index is 12.4. The largest absolute Gasteiger partial charge is 0.345 e. The maximum atomic E-state index is 12.4. The van der Waals surface area contributed by atoms with Crippen molar-refractivity contribution in [2.45, 2.75) is 46.0 Å². The summed E-state index contributed by atoms with van der Waals surface area (Å²) in [7, 11) is 1.70. The molecule has 30 heavy (non-hydrogen) atoms. The zero-order chi connectivity index (χ0) is 21.9. The fourth-order valence-electron chi connectivity index (χ4n) is 3.21. The van der Waals surface area contributed by atoms with Crippen LogP contribution in [0.1, 0.15) is 41.5 Å². The van der Waals surface area contributed by atoms with Crippen molar-refractivity contribution in [1.82, 2.24) is 9.80 Å². The molecule has 2 aromatic carbocycles. The number of carbonyl (C=O) groups is 3. The van der Waals surface area contributed by atoms with E-state index < -0.39 is 5.91 Å². The van der Waals surface area contributed by atoms with Gasteiger partial charge in [0.2, 0.25) is 18.2 Å². The summed E-state index contributed by atoms with van der Waals surface area (Å²) in [4.78, 5) is 38.7. The molecule has 0 saturated carbocycles. The summed E-state index contributed by atoms with van der Waals surface area (Å²) in [5.41, 5.74) is 4.83. The van der Waals surface area contributed by atoms with E-state index in [1.807, 2.05) is 19.1 Å². The summed E-state index contributed by atoms with van der Waals surface area (Å²) < 4.78 is 0. The highest BCUT2D eigenvalue weighted by Crippen LogP contribution is 2.08. The van der Waals surface area contributed by atoms with Gasteiger partial charge in [-0.1, -0.05) is 59.7 Å². The second-order valence-electron chi connectivity index (χ2n) is 7.86. The Kier molecular flexibility index (Phi) is 9.26. The topological polar surface area (TPSA) is 57.7 Å². The van der Waals surface area contributed by atoms with Crippen molar-refractivity contribution >= 4 is 18.2 Å². The Hall–Kier alpha value is -2.95. The highest BCUT2D eigenvalue weighted by molar-refractivity contribution is 6.00. The van der Waals surface area contributed by atoms with Crippen LogP contribution in [0.5, 0.6) is 0 Å². The lowest BCUT2D eigenvalue weighted by atomic mass is 10.1. The molecule has 2 aromatic rings. The van der Waals surface area contributed by atoms with E-state index in [-0.39, 0.29) is 12.3 Å². The highest BCUT2D eigenvalue weighted by atomic mass is 16.2. The molecular formula is C25H32N2O3. The fraction of sp³-hybridized carbons (Fsp3) is 0.400. The summed E-state index contributed by atoms with van der Waals surface area (Å²) in [5, 5.41) is 0. The summed E-state index contributed by atoms with van der Waals surface area (Å²) in [6.07, 6.45) is 3.42. The number of nitrogens with zero attached hydrogens (tertiary/aromatic N) is 2. The van der Waals surface area contributed by atoms with E-state index in [0.717, 1.165) is 24.2 Å². The summed E-state index contributed by atoms with van der Waals surface area (Å²) in [6, 6.07) is 16.6. The molecule has 0 radical (unpaired) electrons. The Morgan fingerprint density at radius 2 is 1.23 bits per heavy atom. The minimum absolute atomic E-state index is 0.255. The van der Waals surface area contributed by atoms with Crippen LogP contribution in [0.4, 0.5) is 0 Å². The first-order valence-corrected chi connectivity index (χ1v) is 10.5. The standard InChI is InChI=1S/C25H32N2O3/c1-20-8-12-22(13-9-20)6-4-16-26(3)24(29)18-25(30)27(19-28)17-5-7-23-14-10-21(2)11-15-23/h8-15,19H,4-7,16-18H2,1-3H3. The lowest BCUT2D eigenvalue weighted by Gasteiger charge is -2.19. The van der Waals surface area contributed by atoms with E-state index in [2.05, 4.69) is 43.3 Å². The molecule has 5 heteroatoms. The quantitative estimate of drug-likeness (QED) is 0.421. The molecule has 160 valence electrons. The number of benzene rings is 2. The number of aryl methyl sites for hydroxylation is 4. The first-order valence-electron chi connectivity index (χ1n) is 10.5. The average molecular weight is 409 g/mol. The van der Waals surface area contributed by atoms with Gasteiger partial charge in [0.25, 0.3) is 0 Å². The molecule has 0 atom stereocenters. The molecule has 0 aromatic heterocycles. The molecule has 0 aliphatic rings. The van der Waals surface area contributed by atoms with Crippen molar-refractivity contribution in [3.05, 3.63) is 70.8 Å². The molecule has 0 spiro atoms. The minimum atomic E-state index is -0.440. The third-order valence-corrected chi connectivity index (χ3v) is 5.24. The Morgan fingerprint density at radius 1 is 0.767 bits per heavy atom. The monoisotopic (exact) mass is 408 g/mol. The van der Waals surface area contributed by atoms with Gasteiger partial charge in [-0.25, -0.2) is 0 Å². The third-order valence-electron chi connectivity index (χ3n) is 5.24. The van der Waals surface area contributed by atoms with Gasteiger partial charge >= 0.3 is 0 Å². The first kappa shape index (κ1) is 23.3. The van der Waals surface area contributed by atoms with Crippen molar-refractivity contribution < 1.29 is 14.4 Å². The molecule has 0 aliphatic carbocycles.